The van der Waals surface area contributed by atoms with Crippen LogP contribution in [0.4, 0.5) is 5.82 Å². The summed E-state index contributed by atoms with van der Waals surface area (Å²) in [5, 5.41) is 0. The summed E-state index contributed by atoms with van der Waals surface area (Å²) in [6, 6.07) is 4.17. The predicted octanol–water partition coefficient (Wildman–Crippen LogP) is 1.63. The van der Waals surface area contributed by atoms with Crippen LogP contribution >= 0.6 is 15.9 Å². The van der Waals surface area contributed by atoms with Crippen LogP contribution in [-0.2, 0) is 0 Å². The molecule has 3 nitrogen and oxygen atoms in total. The third kappa shape index (κ3) is 2.42. The maximum Gasteiger partial charge on any atom is 0.142 e. The van der Waals surface area contributed by atoms with E-state index < -0.39 is 0 Å². The number of nitrogens with two attached hydrogens (primary N) is 1. The van der Waals surface area contributed by atoms with E-state index in [1.807, 2.05) is 19.2 Å². The van der Waals surface area contributed by atoms with Crippen molar-refractivity contribution in [3.63, 3.8) is 0 Å². The Kier molecular flexibility index (Phi) is 3.69. The first-order valence-corrected chi connectivity index (χ1v) is 4.99. The van der Waals surface area contributed by atoms with Gasteiger partial charge in [0, 0.05) is 25.8 Å². The van der Waals surface area contributed by atoms with Crippen molar-refractivity contribution in [2.24, 2.45) is 5.73 Å². The number of hydrogen-bond acceptors (Lipinski definition) is 3. The Labute approximate surface area is 87.1 Å². The molecule has 0 spiro atoms. The molecule has 0 aromatic carbocycles. The Hall–Kier alpha value is -0.610. The fourth-order valence-corrected chi connectivity index (χ4v) is 1.54. The van der Waals surface area contributed by atoms with Crippen LogP contribution < -0.4 is 10.6 Å². The molecule has 72 valence electrons. The fourth-order valence-electron chi connectivity index (χ4n) is 1.00. The summed E-state index contributed by atoms with van der Waals surface area (Å²) in [5.41, 5.74) is 5.58. The van der Waals surface area contributed by atoms with Crippen LogP contribution in [-0.4, -0.2) is 24.6 Å². The van der Waals surface area contributed by atoms with Crippen molar-refractivity contribution in [3.8, 4) is 0 Å². The zero-order valence-corrected chi connectivity index (χ0v) is 9.45. The van der Waals surface area contributed by atoms with Crippen molar-refractivity contribution in [2.75, 3.05) is 18.5 Å². The lowest BCUT2D eigenvalue weighted by Gasteiger charge is -2.25. The van der Waals surface area contributed by atoms with E-state index in [2.05, 4.69) is 32.7 Å². The first kappa shape index (κ1) is 10.5. The number of rotatable bonds is 3. The monoisotopic (exact) mass is 243 g/mol. The van der Waals surface area contributed by atoms with Crippen molar-refractivity contribution in [1.29, 1.82) is 0 Å². The smallest absolute Gasteiger partial charge is 0.142 e. The van der Waals surface area contributed by atoms with Gasteiger partial charge in [-0.2, -0.15) is 0 Å². The number of halogens is 1. The Balaban J connectivity index is 2.88. The minimum Gasteiger partial charge on any atom is -0.355 e. The summed E-state index contributed by atoms with van der Waals surface area (Å²) in [4.78, 5) is 6.33. The van der Waals surface area contributed by atoms with Gasteiger partial charge < -0.3 is 10.6 Å². The first-order valence-electron chi connectivity index (χ1n) is 4.20. The van der Waals surface area contributed by atoms with E-state index >= 15 is 0 Å². The third-order valence-electron chi connectivity index (χ3n) is 2.08. The Morgan fingerprint density at radius 2 is 2.38 bits per heavy atom. The van der Waals surface area contributed by atoms with Gasteiger partial charge in [-0.05, 0) is 35.0 Å². The second kappa shape index (κ2) is 4.58. The highest BCUT2D eigenvalue weighted by molar-refractivity contribution is 9.10. The highest BCUT2D eigenvalue weighted by Gasteiger charge is 2.11. The quantitative estimate of drug-likeness (QED) is 0.878. The summed E-state index contributed by atoms with van der Waals surface area (Å²) < 4.78 is 0.998. The van der Waals surface area contributed by atoms with Crippen molar-refractivity contribution in [3.05, 3.63) is 22.8 Å². The van der Waals surface area contributed by atoms with E-state index in [0.717, 1.165) is 10.3 Å². The molecule has 4 heteroatoms. The Morgan fingerprint density at radius 1 is 1.69 bits per heavy atom. The highest BCUT2D eigenvalue weighted by Crippen LogP contribution is 2.22. The van der Waals surface area contributed by atoms with Crippen LogP contribution in [0.5, 0.6) is 0 Å². The molecule has 1 aromatic rings. The number of nitrogens with zero attached hydrogens (tertiary/aromatic N) is 2. The SMILES string of the molecule is CC(CN)N(C)c1ncccc1Br. The first-order chi connectivity index (χ1) is 6.16. The third-order valence-corrected chi connectivity index (χ3v) is 2.69. The second-order valence-electron chi connectivity index (χ2n) is 3.00. The number of anilines is 1. The average Bonchev–Trinajstić information content (AvgIpc) is 2.16. The molecular formula is C9H14BrN3. The molecule has 0 fully saturated rings. The molecule has 0 saturated carbocycles. The molecule has 0 saturated heterocycles. The summed E-state index contributed by atoms with van der Waals surface area (Å²) >= 11 is 3.45. The molecule has 0 aliphatic rings. The van der Waals surface area contributed by atoms with Gasteiger partial charge in [-0.3, -0.25) is 0 Å². The van der Waals surface area contributed by atoms with Crippen LogP contribution in [0.1, 0.15) is 6.92 Å². The lowest BCUT2D eigenvalue weighted by atomic mass is 10.3. The Bertz CT molecular complexity index is 277. The van der Waals surface area contributed by atoms with E-state index in [1.165, 1.54) is 0 Å². The van der Waals surface area contributed by atoms with Gasteiger partial charge in [0.05, 0.1) is 4.47 Å². The molecule has 1 heterocycles. The molecule has 1 unspecified atom stereocenters. The molecule has 1 aromatic heterocycles. The fraction of sp³-hybridized carbons (Fsp3) is 0.444. The van der Waals surface area contributed by atoms with E-state index in [4.69, 9.17) is 5.73 Å². The molecule has 0 amide bonds. The minimum atomic E-state index is 0.297. The van der Waals surface area contributed by atoms with Gasteiger partial charge in [-0.25, -0.2) is 4.98 Å². The van der Waals surface area contributed by atoms with E-state index in [-0.39, 0.29) is 0 Å². The average molecular weight is 244 g/mol. The van der Waals surface area contributed by atoms with Crippen molar-refractivity contribution < 1.29 is 0 Å². The molecule has 0 bridgehead atoms. The molecule has 2 N–H and O–H groups in total. The van der Waals surface area contributed by atoms with Crippen molar-refractivity contribution in [1.82, 2.24) is 4.98 Å². The number of hydrogen-bond donors (Lipinski definition) is 1. The van der Waals surface area contributed by atoms with Gasteiger partial charge in [0.25, 0.3) is 0 Å². The summed E-state index contributed by atoms with van der Waals surface area (Å²) in [5.74, 6) is 0.931. The zero-order chi connectivity index (χ0) is 9.84. The van der Waals surface area contributed by atoms with Crippen LogP contribution in [0.2, 0.25) is 0 Å². The van der Waals surface area contributed by atoms with Gasteiger partial charge in [0.1, 0.15) is 5.82 Å². The second-order valence-corrected chi connectivity index (χ2v) is 3.86. The number of pyridine rings is 1. The summed E-state index contributed by atoms with van der Waals surface area (Å²) in [6.45, 7) is 2.70. The summed E-state index contributed by atoms with van der Waals surface area (Å²) in [6.07, 6.45) is 1.78. The van der Waals surface area contributed by atoms with Crippen LogP contribution in [0, 0.1) is 0 Å². The minimum absolute atomic E-state index is 0.297. The lowest BCUT2D eigenvalue weighted by molar-refractivity contribution is 0.686. The van der Waals surface area contributed by atoms with Crippen LogP contribution in [0.3, 0.4) is 0 Å². The molecular weight excluding hydrogens is 230 g/mol. The number of aromatic nitrogens is 1. The zero-order valence-electron chi connectivity index (χ0n) is 7.87. The standard InChI is InChI=1S/C9H14BrN3/c1-7(6-11)13(2)9-8(10)4-3-5-12-9/h3-5,7H,6,11H2,1-2H3. The van der Waals surface area contributed by atoms with Gasteiger partial charge in [-0.1, -0.05) is 0 Å². The van der Waals surface area contributed by atoms with Crippen LogP contribution in [0.25, 0.3) is 0 Å². The van der Waals surface area contributed by atoms with Crippen LogP contribution in [0.15, 0.2) is 22.8 Å². The molecule has 13 heavy (non-hydrogen) atoms. The number of likely N-dealkylation sites (N-methyl/N-ethyl adjacent to an activating group) is 1. The van der Waals surface area contributed by atoms with E-state index in [9.17, 15) is 0 Å². The van der Waals surface area contributed by atoms with E-state index in [1.54, 1.807) is 6.20 Å². The molecule has 0 radical (unpaired) electrons. The van der Waals surface area contributed by atoms with Gasteiger partial charge in [-0.15, -0.1) is 0 Å². The largest absolute Gasteiger partial charge is 0.355 e. The summed E-state index contributed by atoms with van der Waals surface area (Å²) in [7, 11) is 1.99. The van der Waals surface area contributed by atoms with Gasteiger partial charge in [0.15, 0.2) is 0 Å². The lowest BCUT2D eigenvalue weighted by Crippen LogP contribution is -2.35. The Morgan fingerprint density at radius 3 is 2.92 bits per heavy atom. The highest BCUT2D eigenvalue weighted by atomic mass is 79.9. The van der Waals surface area contributed by atoms with Gasteiger partial charge in [0.2, 0.25) is 0 Å². The molecule has 0 aliphatic carbocycles. The normalized spacial score (nSPS) is 12.6. The molecule has 1 atom stereocenters. The van der Waals surface area contributed by atoms with E-state index in [0.29, 0.717) is 12.6 Å². The van der Waals surface area contributed by atoms with Gasteiger partial charge >= 0.3 is 0 Å². The topological polar surface area (TPSA) is 42.1 Å². The maximum absolute atomic E-state index is 5.58. The van der Waals surface area contributed by atoms with Crippen molar-refractivity contribution in [2.45, 2.75) is 13.0 Å². The maximum atomic E-state index is 5.58. The molecule has 1 rings (SSSR count). The van der Waals surface area contributed by atoms with Crippen molar-refractivity contribution >= 4 is 21.7 Å². The molecule has 0 aliphatic heterocycles. The predicted molar refractivity (Wildman–Crippen MR) is 58.9 cm³/mol.